The second-order valence-corrected chi connectivity index (χ2v) is 7.70. The zero-order valence-corrected chi connectivity index (χ0v) is 17.1. The van der Waals surface area contributed by atoms with Crippen LogP contribution in [0.4, 0.5) is 0 Å². The third kappa shape index (κ3) is 10.6. The van der Waals surface area contributed by atoms with Crippen molar-refractivity contribution in [3.8, 4) is 0 Å². The Morgan fingerprint density at radius 2 is 1.31 bits per heavy atom. The number of carbonyl (C=O) groups is 1. The monoisotopic (exact) mass is 362 g/mol. The van der Waals surface area contributed by atoms with Crippen molar-refractivity contribution >= 4 is 5.97 Å². The van der Waals surface area contributed by atoms with E-state index < -0.39 is 5.97 Å². The summed E-state index contributed by atoms with van der Waals surface area (Å²) < 4.78 is 1.80. The molecule has 0 spiro atoms. The highest BCUT2D eigenvalue weighted by Gasteiger charge is 2.13. The van der Waals surface area contributed by atoms with E-state index in [4.69, 9.17) is 0 Å². The molecular formula is C23H40NO2+. The number of hydrogen-bond acceptors (Lipinski definition) is 1. The minimum Gasteiger partial charge on any atom is -0.477 e. The molecule has 0 aliphatic heterocycles. The number of aromatic nitrogens is 1. The molecule has 148 valence electrons. The van der Waals surface area contributed by atoms with Crippen LogP contribution in [-0.4, -0.2) is 11.1 Å². The van der Waals surface area contributed by atoms with Crippen LogP contribution in [-0.2, 0) is 13.5 Å². The Hall–Kier alpha value is -1.38. The first kappa shape index (κ1) is 22.7. The van der Waals surface area contributed by atoms with Crippen molar-refractivity contribution in [1.82, 2.24) is 0 Å². The highest BCUT2D eigenvalue weighted by Crippen LogP contribution is 2.15. The van der Waals surface area contributed by atoms with E-state index in [0.29, 0.717) is 5.56 Å². The molecule has 0 fully saturated rings. The molecule has 0 aliphatic rings. The fraction of sp³-hybridized carbons (Fsp3) is 0.739. The third-order valence-corrected chi connectivity index (χ3v) is 5.22. The Labute approximate surface area is 160 Å². The molecule has 1 aromatic heterocycles. The molecule has 0 atom stereocenters. The summed E-state index contributed by atoms with van der Waals surface area (Å²) in [6.07, 6.45) is 23.4. The first-order valence-electron chi connectivity index (χ1n) is 10.9. The van der Waals surface area contributed by atoms with Crippen LogP contribution in [0.2, 0.25) is 0 Å². The minimum absolute atomic E-state index is 0.449. The zero-order chi connectivity index (χ0) is 19.0. The van der Waals surface area contributed by atoms with Crippen molar-refractivity contribution < 1.29 is 14.5 Å². The number of unbranched alkanes of at least 4 members (excludes halogenated alkanes) is 13. The van der Waals surface area contributed by atoms with Crippen molar-refractivity contribution in [3.63, 3.8) is 0 Å². The second-order valence-electron chi connectivity index (χ2n) is 7.70. The molecule has 0 amide bonds. The quantitative estimate of drug-likeness (QED) is 0.279. The van der Waals surface area contributed by atoms with Gasteiger partial charge in [0.25, 0.3) is 0 Å². The molecule has 0 unspecified atom stereocenters. The van der Waals surface area contributed by atoms with E-state index in [9.17, 15) is 9.90 Å². The lowest BCUT2D eigenvalue weighted by molar-refractivity contribution is -0.671. The Kier molecular flexibility index (Phi) is 12.9. The van der Waals surface area contributed by atoms with Gasteiger partial charge in [-0.25, -0.2) is 9.36 Å². The molecule has 1 heterocycles. The lowest BCUT2D eigenvalue weighted by atomic mass is 10.0. The number of carboxylic acids is 1. The zero-order valence-electron chi connectivity index (χ0n) is 17.1. The van der Waals surface area contributed by atoms with Crippen LogP contribution in [0.25, 0.3) is 0 Å². The molecule has 26 heavy (non-hydrogen) atoms. The molecule has 0 radical (unpaired) electrons. The largest absolute Gasteiger partial charge is 0.477 e. The Balaban J connectivity index is 1.96. The second kappa shape index (κ2) is 14.8. The summed E-state index contributed by atoms with van der Waals surface area (Å²) in [6.45, 7) is 2.27. The van der Waals surface area contributed by atoms with Crippen molar-refractivity contribution in [3.05, 3.63) is 29.6 Å². The first-order chi connectivity index (χ1) is 12.6. The summed E-state index contributed by atoms with van der Waals surface area (Å²) in [5, 5.41) is 9.29. The van der Waals surface area contributed by atoms with Gasteiger partial charge in [0.2, 0.25) is 0 Å². The molecule has 0 saturated carbocycles. The number of nitrogens with zero attached hydrogens (tertiary/aromatic N) is 1. The van der Waals surface area contributed by atoms with Crippen LogP contribution >= 0.6 is 0 Å². The van der Waals surface area contributed by atoms with Gasteiger partial charge in [0.15, 0.2) is 12.4 Å². The van der Waals surface area contributed by atoms with Crippen molar-refractivity contribution in [2.45, 2.75) is 103 Å². The van der Waals surface area contributed by atoms with E-state index in [1.807, 2.05) is 19.3 Å². The maximum atomic E-state index is 11.3. The number of rotatable bonds is 16. The predicted molar refractivity (Wildman–Crippen MR) is 109 cm³/mol. The van der Waals surface area contributed by atoms with E-state index in [0.717, 1.165) is 18.4 Å². The van der Waals surface area contributed by atoms with Gasteiger partial charge in [-0.1, -0.05) is 90.4 Å². The van der Waals surface area contributed by atoms with Crippen LogP contribution in [0.1, 0.15) is 113 Å². The maximum Gasteiger partial charge on any atom is 0.342 e. The van der Waals surface area contributed by atoms with E-state index in [1.165, 1.54) is 83.5 Å². The lowest BCUT2D eigenvalue weighted by Gasteiger charge is -2.05. The fourth-order valence-corrected chi connectivity index (χ4v) is 3.55. The smallest absolute Gasteiger partial charge is 0.342 e. The molecule has 1 aromatic rings. The summed E-state index contributed by atoms with van der Waals surface area (Å²) in [4.78, 5) is 11.3. The van der Waals surface area contributed by atoms with Gasteiger partial charge in [-0.3, -0.25) is 0 Å². The van der Waals surface area contributed by atoms with E-state index >= 15 is 0 Å². The van der Waals surface area contributed by atoms with Crippen LogP contribution in [0.5, 0.6) is 0 Å². The van der Waals surface area contributed by atoms with Crippen molar-refractivity contribution in [2.75, 3.05) is 0 Å². The number of carboxylic acid groups (broad SMARTS) is 1. The van der Waals surface area contributed by atoms with Crippen LogP contribution in [0.15, 0.2) is 18.5 Å². The molecule has 1 N–H and O–H groups in total. The van der Waals surface area contributed by atoms with Crippen molar-refractivity contribution in [1.29, 1.82) is 0 Å². The third-order valence-electron chi connectivity index (χ3n) is 5.22. The van der Waals surface area contributed by atoms with Crippen LogP contribution < -0.4 is 4.57 Å². The molecular weight excluding hydrogens is 322 g/mol. The van der Waals surface area contributed by atoms with Crippen LogP contribution in [0.3, 0.4) is 0 Å². The first-order valence-corrected chi connectivity index (χ1v) is 10.9. The van der Waals surface area contributed by atoms with Gasteiger partial charge < -0.3 is 5.11 Å². The minimum atomic E-state index is -0.818. The summed E-state index contributed by atoms with van der Waals surface area (Å²) >= 11 is 0. The molecule has 0 saturated heterocycles. The van der Waals surface area contributed by atoms with Gasteiger partial charge in [-0.2, -0.15) is 0 Å². The van der Waals surface area contributed by atoms with Gasteiger partial charge in [0.1, 0.15) is 12.6 Å². The Morgan fingerprint density at radius 3 is 1.77 bits per heavy atom. The molecule has 0 bridgehead atoms. The highest BCUT2D eigenvalue weighted by atomic mass is 16.4. The average molecular weight is 363 g/mol. The molecule has 0 aliphatic carbocycles. The summed E-state index contributed by atoms with van der Waals surface area (Å²) in [6, 6.07) is 1.95. The lowest BCUT2D eigenvalue weighted by Crippen LogP contribution is -2.29. The normalized spacial score (nSPS) is 11.0. The van der Waals surface area contributed by atoms with Gasteiger partial charge in [-0.15, -0.1) is 0 Å². The number of aryl methyl sites for hydroxylation is 2. The maximum absolute atomic E-state index is 11.3. The topological polar surface area (TPSA) is 41.2 Å². The number of aromatic carboxylic acids is 1. The Morgan fingerprint density at radius 1 is 0.846 bits per heavy atom. The summed E-state index contributed by atoms with van der Waals surface area (Å²) in [5.41, 5.74) is 1.42. The standard InChI is InChI=1S/C23H39NO2/c1-3-4-5-6-7-8-9-10-11-12-13-14-15-16-17-21-18-19-24(2)20-22(21)23(25)26/h18-20H,3-17H2,1-2H3/p+1. The van der Waals surface area contributed by atoms with Gasteiger partial charge in [-0.05, 0) is 18.4 Å². The van der Waals surface area contributed by atoms with Crippen LogP contribution in [0, 0.1) is 0 Å². The van der Waals surface area contributed by atoms with Gasteiger partial charge in [0, 0.05) is 6.07 Å². The molecule has 3 heteroatoms. The summed E-state index contributed by atoms with van der Waals surface area (Å²) in [5.74, 6) is -0.818. The fourth-order valence-electron chi connectivity index (χ4n) is 3.55. The summed E-state index contributed by atoms with van der Waals surface area (Å²) in [7, 11) is 1.86. The van der Waals surface area contributed by atoms with E-state index in [2.05, 4.69) is 6.92 Å². The number of pyridine rings is 1. The van der Waals surface area contributed by atoms with E-state index in [1.54, 1.807) is 10.8 Å². The van der Waals surface area contributed by atoms with Gasteiger partial charge in [0.05, 0.1) is 0 Å². The molecule has 0 aromatic carbocycles. The Bertz CT molecular complexity index is 499. The number of hydrogen-bond donors (Lipinski definition) is 1. The van der Waals surface area contributed by atoms with Gasteiger partial charge >= 0.3 is 5.97 Å². The molecule has 3 nitrogen and oxygen atoms in total. The highest BCUT2D eigenvalue weighted by molar-refractivity contribution is 5.88. The SMILES string of the molecule is CCCCCCCCCCCCCCCCc1cc[n+](C)cc1C(=O)O. The van der Waals surface area contributed by atoms with E-state index in [-0.39, 0.29) is 0 Å². The average Bonchev–Trinajstić information content (AvgIpc) is 2.62. The van der Waals surface area contributed by atoms with Crippen molar-refractivity contribution in [2.24, 2.45) is 7.05 Å². The molecule has 1 rings (SSSR count). The predicted octanol–water partition coefficient (Wildman–Crippen LogP) is 6.23.